The molecule has 0 unspecified atom stereocenters. The standard InChI is InChI=1S/C14H11ClF2N2O/c15-10-2-1-3-12(18)13(10)14(20)19-7-8-4-5-9(16)6-11(8)17/h1-6H,7,18H2,(H,19,20). The molecule has 0 radical (unpaired) electrons. The fourth-order valence-electron chi connectivity index (χ4n) is 1.71. The summed E-state index contributed by atoms with van der Waals surface area (Å²) in [6.07, 6.45) is 0. The Labute approximate surface area is 119 Å². The highest BCUT2D eigenvalue weighted by molar-refractivity contribution is 6.34. The molecule has 0 heterocycles. The molecule has 104 valence electrons. The number of carbonyl (C=O) groups excluding carboxylic acids is 1. The van der Waals surface area contributed by atoms with Crippen molar-refractivity contribution in [1.82, 2.24) is 5.32 Å². The van der Waals surface area contributed by atoms with E-state index >= 15 is 0 Å². The third-order valence-corrected chi connectivity index (χ3v) is 3.04. The van der Waals surface area contributed by atoms with Crippen molar-refractivity contribution >= 4 is 23.2 Å². The smallest absolute Gasteiger partial charge is 0.255 e. The zero-order chi connectivity index (χ0) is 14.7. The van der Waals surface area contributed by atoms with E-state index in [1.165, 1.54) is 12.1 Å². The number of carbonyl (C=O) groups is 1. The van der Waals surface area contributed by atoms with Crippen LogP contribution in [-0.4, -0.2) is 5.91 Å². The summed E-state index contributed by atoms with van der Waals surface area (Å²) < 4.78 is 26.2. The Bertz CT molecular complexity index is 641. The van der Waals surface area contributed by atoms with Gasteiger partial charge in [-0.05, 0) is 18.2 Å². The lowest BCUT2D eigenvalue weighted by Crippen LogP contribution is -2.24. The summed E-state index contributed by atoms with van der Waals surface area (Å²) in [6, 6.07) is 7.83. The highest BCUT2D eigenvalue weighted by Gasteiger charge is 2.14. The lowest BCUT2D eigenvalue weighted by atomic mass is 10.1. The van der Waals surface area contributed by atoms with Gasteiger partial charge in [0.1, 0.15) is 11.6 Å². The monoisotopic (exact) mass is 296 g/mol. The minimum Gasteiger partial charge on any atom is -0.398 e. The largest absolute Gasteiger partial charge is 0.398 e. The number of anilines is 1. The molecule has 0 fully saturated rings. The molecule has 0 aromatic heterocycles. The molecule has 1 amide bonds. The predicted octanol–water partition coefficient (Wildman–Crippen LogP) is 3.13. The van der Waals surface area contributed by atoms with Gasteiger partial charge in [0.25, 0.3) is 5.91 Å². The Kier molecular flexibility index (Phi) is 4.20. The molecule has 0 bridgehead atoms. The van der Waals surface area contributed by atoms with Crippen molar-refractivity contribution in [2.24, 2.45) is 0 Å². The number of amides is 1. The number of hydrogen-bond donors (Lipinski definition) is 2. The van der Waals surface area contributed by atoms with Crippen molar-refractivity contribution in [3.63, 3.8) is 0 Å². The summed E-state index contributed by atoms with van der Waals surface area (Å²) in [5.41, 5.74) is 6.21. The van der Waals surface area contributed by atoms with E-state index < -0.39 is 17.5 Å². The summed E-state index contributed by atoms with van der Waals surface area (Å²) in [6.45, 7) is -0.0877. The van der Waals surface area contributed by atoms with Gasteiger partial charge in [0.05, 0.1) is 10.6 Å². The van der Waals surface area contributed by atoms with Crippen molar-refractivity contribution < 1.29 is 13.6 Å². The fraction of sp³-hybridized carbons (Fsp3) is 0.0714. The average Bonchev–Trinajstić information content (AvgIpc) is 2.37. The first-order valence-corrected chi connectivity index (χ1v) is 6.13. The predicted molar refractivity (Wildman–Crippen MR) is 73.4 cm³/mol. The maximum absolute atomic E-state index is 13.4. The van der Waals surface area contributed by atoms with E-state index in [-0.39, 0.29) is 28.4 Å². The van der Waals surface area contributed by atoms with Gasteiger partial charge in [-0.2, -0.15) is 0 Å². The van der Waals surface area contributed by atoms with Crippen LogP contribution in [0.1, 0.15) is 15.9 Å². The molecule has 0 aliphatic rings. The van der Waals surface area contributed by atoms with Crippen LogP contribution in [0.2, 0.25) is 5.02 Å². The van der Waals surface area contributed by atoms with Gasteiger partial charge in [-0.25, -0.2) is 8.78 Å². The number of nitrogens with two attached hydrogens (primary N) is 1. The molecular weight excluding hydrogens is 286 g/mol. The van der Waals surface area contributed by atoms with Gasteiger partial charge in [0.15, 0.2) is 0 Å². The summed E-state index contributed by atoms with van der Waals surface area (Å²) in [5.74, 6) is -1.91. The third-order valence-electron chi connectivity index (χ3n) is 2.73. The molecule has 20 heavy (non-hydrogen) atoms. The highest BCUT2D eigenvalue weighted by atomic mass is 35.5. The molecule has 0 spiro atoms. The fourth-order valence-corrected chi connectivity index (χ4v) is 1.98. The zero-order valence-corrected chi connectivity index (χ0v) is 11.0. The minimum absolute atomic E-state index is 0.0877. The van der Waals surface area contributed by atoms with Crippen molar-refractivity contribution in [1.29, 1.82) is 0 Å². The number of benzene rings is 2. The second-order valence-corrected chi connectivity index (χ2v) is 4.53. The van der Waals surface area contributed by atoms with Crippen LogP contribution in [0, 0.1) is 11.6 Å². The summed E-state index contributed by atoms with van der Waals surface area (Å²) in [7, 11) is 0. The van der Waals surface area contributed by atoms with Gasteiger partial charge in [0.2, 0.25) is 0 Å². The maximum atomic E-state index is 13.4. The van der Waals surface area contributed by atoms with Crippen LogP contribution >= 0.6 is 11.6 Å². The maximum Gasteiger partial charge on any atom is 0.255 e. The van der Waals surface area contributed by atoms with E-state index in [0.29, 0.717) is 0 Å². The van der Waals surface area contributed by atoms with Crippen LogP contribution in [-0.2, 0) is 6.54 Å². The molecule has 6 heteroatoms. The molecule has 2 aromatic carbocycles. The first-order chi connectivity index (χ1) is 9.49. The topological polar surface area (TPSA) is 55.1 Å². The summed E-state index contributed by atoms with van der Waals surface area (Å²) >= 11 is 5.89. The second kappa shape index (κ2) is 5.88. The van der Waals surface area contributed by atoms with Gasteiger partial charge >= 0.3 is 0 Å². The summed E-state index contributed by atoms with van der Waals surface area (Å²) in [4.78, 5) is 12.0. The van der Waals surface area contributed by atoms with Crippen molar-refractivity contribution in [3.05, 3.63) is 64.2 Å². The Morgan fingerprint density at radius 2 is 2.00 bits per heavy atom. The molecule has 0 saturated heterocycles. The molecule has 2 rings (SSSR count). The van der Waals surface area contributed by atoms with Gasteiger partial charge in [0, 0.05) is 23.9 Å². The first-order valence-electron chi connectivity index (χ1n) is 5.75. The SMILES string of the molecule is Nc1cccc(Cl)c1C(=O)NCc1ccc(F)cc1F. The lowest BCUT2D eigenvalue weighted by Gasteiger charge is -2.09. The minimum atomic E-state index is -0.725. The Balaban J connectivity index is 2.13. The van der Waals surface area contributed by atoms with E-state index in [1.807, 2.05) is 0 Å². The van der Waals surface area contributed by atoms with Crippen LogP contribution in [0.15, 0.2) is 36.4 Å². The molecule has 0 saturated carbocycles. The van der Waals surface area contributed by atoms with Crippen molar-refractivity contribution in [3.8, 4) is 0 Å². The number of nitrogen functional groups attached to an aromatic ring is 1. The highest BCUT2D eigenvalue weighted by Crippen LogP contribution is 2.21. The van der Waals surface area contributed by atoms with Gasteiger partial charge in [-0.1, -0.05) is 23.7 Å². The van der Waals surface area contributed by atoms with E-state index in [1.54, 1.807) is 12.1 Å². The van der Waals surface area contributed by atoms with E-state index in [2.05, 4.69) is 5.32 Å². The Hall–Kier alpha value is -2.14. The van der Waals surface area contributed by atoms with E-state index in [9.17, 15) is 13.6 Å². The van der Waals surface area contributed by atoms with Crippen LogP contribution < -0.4 is 11.1 Å². The Morgan fingerprint density at radius 3 is 2.65 bits per heavy atom. The van der Waals surface area contributed by atoms with Crippen molar-refractivity contribution in [2.45, 2.75) is 6.54 Å². The average molecular weight is 297 g/mol. The van der Waals surface area contributed by atoms with Crippen LogP contribution in [0.5, 0.6) is 0 Å². The summed E-state index contributed by atoms with van der Waals surface area (Å²) in [5, 5.41) is 2.70. The first kappa shape index (κ1) is 14.3. The van der Waals surface area contributed by atoms with Crippen LogP contribution in [0.4, 0.5) is 14.5 Å². The number of nitrogens with one attached hydrogen (secondary N) is 1. The second-order valence-electron chi connectivity index (χ2n) is 4.12. The molecular formula is C14H11ClF2N2O. The lowest BCUT2D eigenvalue weighted by molar-refractivity contribution is 0.0951. The molecule has 3 N–H and O–H groups in total. The number of hydrogen-bond acceptors (Lipinski definition) is 2. The zero-order valence-electron chi connectivity index (χ0n) is 10.3. The quantitative estimate of drug-likeness (QED) is 0.855. The third kappa shape index (κ3) is 3.05. The van der Waals surface area contributed by atoms with Gasteiger partial charge in [-0.15, -0.1) is 0 Å². The number of halogens is 3. The molecule has 0 aliphatic heterocycles. The normalized spacial score (nSPS) is 10.3. The number of rotatable bonds is 3. The molecule has 2 aromatic rings. The Morgan fingerprint density at radius 1 is 1.25 bits per heavy atom. The molecule has 0 atom stereocenters. The van der Waals surface area contributed by atoms with Crippen LogP contribution in [0.3, 0.4) is 0 Å². The van der Waals surface area contributed by atoms with Crippen molar-refractivity contribution in [2.75, 3.05) is 5.73 Å². The van der Waals surface area contributed by atoms with Gasteiger partial charge in [-0.3, -0.25) is 4.79 Å². The van der Waals surface area contributed by atoms with Crippen LogP contribution in [0.25, 0.3) is 0 Å². The van der Waals surface area contributed by atoms with E-state index in [0.717, 1.165) is 12.1 Å². The van der Waals surface area contributed by atoms with E-state index in [4.69, 9.17) is 17.3 Å². The molecule has 0 aliphatic carbocycles. The molecule has 3 nitrogen and oxygen atoms in total. The van der Waals surface area contributed by atoms with Gasteiger partial charge < -0.3 is 11.1 Å².